The molecule has 3 nitrogen and oxygen atoms in total. The van der Waals surface area contributed by atoms with Crippen LogP contribution in [-0.4, -0.2) is 29.9 Å². The van der Waals surface area contributed by atoms with E-state index in [-0.39, 0.29) is 0 Å². The zero-order valence-electron chi connectivity index (χ0n) is 13.5. The molecule has 19 heavy (non-hydrogen) atoms. The summed E-state index contributed by atoms with van der Waals surface area (Å²) < 4.78 is 0. The summed E-state index contributed by atoms with van der Waals surface area (Å²) in [6.45, 7) is 10.3. The molecule has 0 radical (unpaired) electrons. The molecular formula is C16H34N2O. The molecule has 0 spiro atoms. The minimum absolute atomic E-state index is 0.318. The molecule has 0 fully saturated rings. The number of nitrogens with zero attached hydrogens (tertiary/aromatic N) is 1. The fourth-order valence-corrected chi connectivity index (χ4v) is 2.46. The molecular weight excluding hydrogens is 236 g/mol. The van der Waals surface area contributed by atoms with Crippen LogP contribution in [0.25, 0.3) is 0 Å². The monoisotopic (exact) mass is 270 g/mol. The van der Waals surface area contributed by atoms with Crippen LogP contribution < -0.4 is 5.73 Å². The van der Waals surface area contributed by atoms with E-state index in [4.69, 9.17) is 5.73 Å². The van der Waals surface area contributed by atoms with E-state index in [1.54, 1.807) is 0 Å². The number of amides is 1. The van der Waals surface area contributed by atoms with Crippen molar-refractivity contribution in [1.82, 2.24) is 4.90 Å². The second-order valence-electron chi connectivity index (χ2n) is 5.78. The van der Waals surface area contributed by atoms with Crippen LogP contribution in [-0.2, 0) is 4.79 Å². The molecule has 3 heteroatoms. The van der Waals surface area contributed by atoms with Gasteiger partial charge >= 0.3 is 0 Å². The first-order valence-electron chi connectivity index (χ1n) is 8.06. The predicted molar refractivity (Wildman–Crippen MR) is 83.1 cm³/mol. The molecule has 0 aromatic carbocycles. The lowest BCUT2D eigenvalue weighted by Gasteiger charge is -2.27. The van der Waals surface area contributed by atoms with Crippen molar-refractivity contribution in [3.8, 4) is 0 Å². The molecule has 0 saturated carbocycles. The number of rotatable bonds is 11. The van der Waals surface area contributed by atoms with Crippen molar-refractivity contribution in [2.24, 2.45) is 11.7 Å². The van der Waals surface area contributed by atoms with Gasteiger partial charge in [0.25, 0.3) is 0 Å². The van der Waals surface area contributed by atoms with Crippen molar-refractivity contribution in [2.75, 3.05) is 13.1 Å². The van der Waals surface area contributed by atoms with E-state index in [1.807, 2.05) is 4.90 Å². The fraction of sp³-hybridized carbons (Fsp3) is 0.938. The highest BCUT2D eigenvalue weighted by atomic mass is 16.2. The molecule has 1 atom stereocenters. The van der Waals surface area contributed by atoms with Crippen molar-refractivity contribution >= 4 is 5.91 Å². The molecule has 0 aliphatic rings. The van der Waals surface area contributed by atoms with E-state index in [0.717, 1.165) is 38.8 Å². The van der Waals surface area contributed by atoms with Gasteiger partial charge in [0.2, 0.25) is 5.91 Å². The maximum absolute atomic E-state index is 12.3. The highest BCUT2D eigenvalue weighted by Gasteiger charge is 2.17. The van der Waals surface area contributed by atoms with Crippen molar-refractivity contribution in [3.05, 3.63) is 0 Å². The van der Waals surface area contributed by atoms with Crippen molar-refractivity contribution < 1.29 is 4.79 Å². The third-order valence-corrected chi connectivity index (χ3v) is 3.86. The van der Waals surface area contributed by atoms with Gasteiger partial charge in [-0.1, -0.05) is 33.1 Å². The molecule has 0 aliphatic heterocycles. The van der Waals surface area contributed by atoms with Gasteiger partial charge in [-0.3, -0.25) is 4.79 Å². The van der Waals surface area contributed by atoms with Crippen LogP contribution in [0.3, 0.4) is 0 Å². The number of hydrogen-bond donors (Lipinski definition) is 1. The molecule has 114 valence electrons. The van der Waals surface area contributed by atoms with Gasteiger partial charge < -0.3 is 10.6 Å². The van der Waals surface area contributed by atoms with Crippen molar-refractivity contribution in [2.45, 2.75) is 78.7 Å². The summed E-state index contributed by atoms with van der Waals surface area (Å²) in [5.74, 6) is 0.931. The molecule has 1 unspecified atom stereocenters. The Kier molecular flexibility index (Phi) is 10.9. The van der Waals surface area contributed by atoms with Crippen LogP contribution in [0.15, 0.2) is 0 Å². The highest BCUT2D eigenvalue weighted by molar-refractivity contribution is 5.76. The van der Waals surface area contributed by atoms with Crippen LogP contribution in [0.4, 0.5) is 0 Å². The maximum atomic E-state index is 12.3. The van der Waals surface area contributed by atoms with E-state index in [9.17, 15) is 4.79 Å². The Morgan fingerprint density at radius 1 is 1.16 bits per heavy atom. The topological polar surface area (TPSA) is 46.3 Å². The summed E-state index contributed by atoms with van der Waals surface area (Å²) in [4.78, 5) is 14.3. The van der Waals surface area contributed by atoms with E-state index in [2.05, 4.69) is 27.7 Å². The molecule has 0 aliphatic carbocycles. The second-order valence-corrected chi connectivity index (χ2v) is 5.78. The summed E-state index contributed by atoms with van der Waals surface area (Å²) >= 11 is 0. The Morgan fingerprint density at radius 3 is 2.32 bits per heavy atom. The van der Waals surface area contributed by atoms with Gasteiger partial charge in [0.15, 0.2) is 0 Å². The lowest BCUT2D eigenvalue weighted by Crippen LogP contribution is -2.37. The summed E-state index contributed by atoms with van der Waals surface area (Å²) in [5.41, 5.74) is 5.61. The van der Waals surface area contributed by atoms with Crippen LogP contribution in [0.2, 0.25) is 0 Å². The summed E-state index contributed by atoms with van der Waals surface area (Å²) in [7, 11) is 0. The van der Waals surface area contributed by atoms with Crippen LogP contribution in [0.1, 0.15) is 72.6 Å². The molecule has 2 N–H and O–H groups in total. The van der Waals surface area contributed by atoms with E-state index < -0.39 is 0 Å². The fourth-order valence-electron chi connectivity index (χ4n) is 2.46. The number of unbranched alkanes of at least 4 members (excludes halogenated alkanes) is 2. The molecule has 0 bridgehead atoms. The SMILES string of the molecule is CCCCCN(C(=O)CCC(CC)CCN)C(C)C. The molecule has 0 aromatic rings. The lowest BCUT2D eigenvalue weighted by molar-refractivity contribution is -0.133. The van der Waals surface area contributed by atoms with Crippen molar-refractivity contribution in [1.29, 1.82) is 0 Å². The number of nitrogens with two attached hydrogens (primary N) is 1. The zero-order chi connectivity index (χ0) is 14.7. The van der Waals surface area contributed by atoms with E-state index >= 15 is 0 Å². The average molecular weight is 270 g/mol. The van der Waals surface area contributed by atoms with Gasteiger partial charge in [0.1, 0.15) is 0 Å². The first kappa shape index (κ1) is 18.4. The standard InChI is InChI=1S/C16H34N2O/c1-5-7-8-13-18(14(3)4)16(19)10-9-15(6-2)11-12-17/h14-15H,5-13,17H2,1-4H3. The molecule has 0 heterocycles. The molecule has 0 rings (SSSR count). The zero-order valence-corrected chi connectivity index (χ0v) is 13.5. The normalized spacial score (nSPS) is 12.7. The van der Waals surface area contributed by atoms with Gasteiger partial charge in [-0.2, -0.15) is 0 Å². The van der Waals surface area contributed by atoms with Gasteiger partial charge in [-0.15, -0.1) is 0 Å². The Hall–Kier alpha value is -0.570. The summed E-state index contributed by atoms with van der Waals surface area (Å²) in [6, 6.07) is 0.318. The Labute approximate surface area is 119 Å². The van der Waals surface area contributed by atoms with Gasteiger partial charge in [-0.25, -0.2) is 0 Å². The lowest BCUT2D eigenvalue weighted by atomic mass is 9.96. The Bertz CT molecular complexity index is 229. The maximum Gasteiger partial charge on any atom is 0.222 e. The second kappa shape index (κ2) is 11.3. The summed E-state index contributed by atoms with van der Waals surface area (Å²) in [6.07, 6.45) is 7.38. The van der Waals surface area contributed by atoms with Crippen LogP contribution >= 0.6 is 0 Å². The first-order chi connectivity index (χ1) is 9.06. The first-order valence-corrected chi connectivity index (χ1v) is 8.06. The minimum Gasteiger partial charge on any atom is -0.340 e. The molecule has 0 aromatic heterocycles. The molecule has 0 saturated heterocycles. The third kappa shape index (κ3) is 8.25. The van der Waals surface area contributed by atoms with E-state index in [0.29, 0.717) is 24.3 Å². The highest BCUT2D eigenvalue weighted by Crippen LogP contribution is 2.16. The number of carbonyl (C=O) groups excluding carboxylic acids is 1. The summed E-state index contributed by atoms with van der Waals surface area (Å²) in [5, 5.41) is 0. The third-order valence-electron chi connectivity index (χ3n) is 3.86. The van der Waals surface area contributed by atoms with Gasteiger partial charge in [-0.05, 0) is 45.6 Å². The predicted octanol–water partition coefficient (Wildman–Crippen LogP) is 3.57. The Balaban J connectivity index is 4.16. The van der Waals surface area contributed by atoms with Gasteiger partial charge in [0, 0.05) is 19.0 Å². The number of carbonyl (C=O) groups is 1. The molecule has 1 amide bonds. The smallest absolute Gasteiger partial charge is 0.222 e. The number of hydrogen-bond acceptors (Lipinski definition) is 2. The minimum atomic E-state index is 0.318. The largest absolute Gasteiger partial charge is 0.340 e. The quantitative estimate of drug-likeness (QED) is 0.583. The Morgan fingerprint density at radius 2 is 1.84 bits per heavy atom. The van der Waals surface area contributed by atoms with Crippen LogP contribution in [0.5, 0.6) is 0 Å². The van der Waals surface area contributed by atoms with Crippen molar-refractivity contribution in [3.63, 3.8) is 0 Å². The van der Waals surface area contributed by atoms with Gasteiger partial charge in [0.05, 0.1) is 0 Å². The average Bonchev–Trinajstić information content (AvgIpc) is 2.38. The van der Waals surface area contributed by atoms with Crippen LogP contribution in [0, 0.1) is 5.92 Å². The van der Waals surface area contributed by atoms with E-state index in [1.165, 1.54) is 12.8 Å².